The zero-order valence-corrected chi connectivity index (χ0v) is 13.3. The van der Waals surface area contributed by atoms with Crippen LogP contribution in [0, 0.1) is 5.92 Å². The summed E-state index contributed by atoms with van der Waals surface area (Å²) < 4.78 is 0. The third-order valence-electron chi connectivity index (χ3n) is 4.79. The van der Waals surface area contributed by atoms with Crippen LogP contribution in [0.1, 0.15) is 57.6 Å². The van der Waals surface area contributed by atoms with Crippen molar-refractivity contribution in [2.75, 3.05) is 7.05 Å². The Kier molecular flexibility index (Phi) is 5.43. The summed E-state index contributed by atoms with van der Waals surface area (Å²) in [5.41, 5.74) is 7.83. The Labute approximate surface area is 122 Å². The number of hydrogen-bond donors (Lipinski definition) is 1. The van der Waals surface area contributed by atoms with Gasteiger partial charge >= 0.3 is 0 Å². The van der Waals surface area contributed by atoms with E-state index in [4.69, 9.17) is 5.73 Å². The van der Waals surface area contributed by atoms with Crippen molar-refractivity contribution in [2.45, 2.75) is 64.1 Å². The molecular formula is C16H28N2S. The molecule has 0 bridgehead atoms. The van der Waals surface area contributed by atoms with Crippen LogP contribution in [-0.4, -0.2) is 24.0 Å². The first-order valence-corrected chi connectivity index (χ1v) is 8.59. The van der Waals surface area contributed by atoms with Gasteiger partial charge in [-0.2, -0.15) is 11.3 Å². The second kappa shape index (κ2) is 6.87. The normalized spacial score (nSPS) is 27.4. The average molecular weight is 280 g/mol. The first-order valence-electron chi connectivity index (χ1n) is 7.64. The zero-order valence-electron chi connectivity index (χ0n) is 12.5. The van der Waals surface area contributed by atoms with E-state index in [9.17, 15) is 0 Å². The molecule has 1 aromatic rings. The largest absolute Gasteiger partial charge is 0.326 e. The lowest BCUT2D eigenvalue weighted by molar-refractivity contribution is 0.0826. The molecule has 4 atom stereocenters. The van der Waals surface area contributed by atoms with Crippen LogP contribution in [0.15, 0.2) is 16.8 Å². The van der Waals surface area contributed by atoms with Gasteiger partial charge in [0.15, 0.2) is 0 Å². The molecule has 108 valence electrons. The Hall–Kier alpha value is -0.380. The van der Waals surface area contributed by atoms with E-state index in [1.54, 1.807) is 11.3 Å². The van der Waals surface area contributed by atoms with Gasteiger partial charge in [-0.05, 0) is 54.6 Å². The lowest BCUT2D eigenvalue weighted by Crippen LogP contribution is -2.47. The summed E-state index contributed by atoms with van der Waals surface area (Å²) >= 11 is 1.78. The molecule has 1 saturated carbocycles. The third kappa shape index (κ3) is 3.39. The summed E-state index contributed by atoms with van der Waals surface area (Å²) in [6, 6.07) is 3.54. The Morgan fingerprint density at radius 2 is 2.16 bits per heavy atom. The zero-order chi connectivity index (χ0) is 13.8. The van der Waals surface area contributed by atoms with Gasteiger partial charge in [0.1, 0.15) is 0 Å². The van der Waals surface area contributed by atoms with Crippen LogP contribution >= 0.6 is 11.3 Å². The summed E-state index contributed by atoms with van der Waals surface area (Å²) in [6.45, 7) is 4.60. The summed E-state index contributed by atoms with van der Waals surface area (Å²) in [6.07, 6.45) is 6.50. The second-order valence-corrected chi connectivity index (χ2v) is 6.85. The lowest BCUT2D eigenvalue weighted by atomic mass is 9.83. The molecule has 0 aromatic carbocycles. The molecule has 19 heavy (non-hydrogen) atoms. The summed E-state index contributed by atoms with van der Waals surface area (Å²) in [4.78, 5) is 2.57. The van der Waals surface area contributed by atoms with Crippen LogP contribution in [0.5, 0.6) is 0 Å². The van der Waals surface area contributed by atoms with E-state index in [-0.39, 0.29) is 6.04 Å². The first kappa shape index (κ1) is 15.0. The van der Waals surface area contributed by atoms with Crippen LogP contribution in [-0.2, 0) is 0 Å². The molecule has 0 amide bonds. The minimum atomic E-state index is 0.230. The van der Waals surface area contributed by atoms with Gasteiger partial charge in [0.25, 0.3) is 0 Å². The van der Waals surface area contributed by atoms with E-state index >= 15 is 0 Å². The number of hydrogen-bond acceptors (Lipinski definition) is 3. The Balaban J connectivity index is 2.17. The van der Waals surface area contributed by atoms with Crippen molar-refractivity contribution in [1.82, 2.24) is 4.90 Å². The van der Waals surface area contributed by atoms with Crippen molar-refractivity contribution in [2.24, 2.45) is 11.7 Å². The van der Waals surface area contributed by atoms with Gasteiger partial charge in [-0.1, -0.05) is 26.7 Å². The number of nitrogens with zero attached hydrogens (tertiary/aromatic N) is 1. The molecule has 2 rings (SSSR count). The Morgan fingerprint density at radius 1 is 1.42 bits per heavy atom. The SMILES string of the molecule is CCC(N)C(c1ccsc1)N(C)C1CCCCC1C. The van der Waals surface area contributed by atoms with Gasteiger partial charge < -0.3 is 5.73 Å². The van der Waals surface area contributed by atoms with Crippen molar-refractivity contribution in [1.29, 1.82) is 0 Å². The molecule has 1 heterocycles. The van der Waals surface area contributed by atoms with Crippen molar-refractivity contribution >= 4 is 11.3 Å². The van der Waals surface area contributed by atoms with Gasteiger partial charge in [0.05, 0.1) is 6.04 Å². The molecule has 1 aliphatic rings. The highest BCUT2D eigenvalue weighted by molar-refractivity contribution is 7.07. The summed E-state index contributed by atoms with van der Waals surface area (Å²) in [7, 11) is 2.28. The molecule has 2 nitrogen and oxygen atoms in total. The first-order chi connectivity index (χ1) is 9.15. The maximum atomic E-state index is 6.42. The predicted octanol–water partition coefficient (Wildman–Crippen LogP) is 4.04. The lowest BCUT2D eigenvalue weighted by Gasteiger charge is -2.42. The molecule has 4 unspecified atom stereocenters. The fraction of sp³-hybridized carbons (Fsp3) is 0.750. The van der Waals surface area contributed by atoms with Gasteiger partial charge in [0.2, 0.25) is 0 Å². The van der Waals surface area contributed by atoms with Crippen LogP contribution < -0.4 is 5.73 Å². The minimum absolute atomic E-state index is 0.230. The highest BCUT2D eigenvalue weighted by Crippen LogP contribution is 2.34. The van der Waals surface area contributed by atoms with Gasteiger partial charge in [-0.15, -0.1) is 0 Å². The van der Waals surface area contributed by atoms with Gasteiger partial charge in [-0.3, -0.25) is 4.90 Å². The highest BCUT2D eigenvalue weighted by Gasteiger charge is 2.32. The predicted molar refractivity (Wildman–Crippen MR) is 84.5 cm³/mol. The van der Waals surface area contributed by atoms with E-state index in [0.717, 1.165) is 12.3 Å². The van der Waals surface area contributed by atoms with Crippen molar-refractivity contribution in [3.8, 4) is 0 Å². The molecule has 0 aliphatic heterocycles. The van der Waals surface area contributed by atoms with Crippen LogP contribution in [0.3, 0.4) is 0 Å². The van der Waals surface area contributed by atoms with Crippen molar-refractivity contribution in [3.63, 3.8) is 0 Å². The van der Waals surface area contributed by atoms with Crippen LogP contribution in [0.4, 0.5) is 0 Å². The number of nitrogens with two attached hydrogens (primary N) is 1. The number of rotatable bonds is 5. The van der Waals surface area contributed by atoms with Crippen molar-refractivity contribution in [3.05, 3.63) is 22.4 Å². The van der Waals surface area contributed by atoms with E-state index in [2.05, 4.69) is 42.6 Å². The molecule has 1 aliphatic carbocycles. The van der Waals surface area contributed by atoms with E-state index in [1.807, 2.05) is 0 Å². The maximum Gasteiger partial charge on any atom is 0.0507 e. The van der Waals surface area contributed by atoms with Crippen molar-refractivity contribution < 1.29 is 0 Å². The average Bonchev–Trinajstić information content (AvgIpc) is 2.93. The van der Waals surface area contributed by atoms with E-state index in [1.165, 1.54) is 31.2 Å². The Morgan fingerprint density at radius 3 is 2.74 bits per heavy atom. The molecule has 1 aromatic heterocycles. The second-order valence-electron chi connectivity index (χ2n) is 6.07. The standard InChI is InChI=1S/C16H28N2S/c1-4-14(17)16(13-9-10-19-11-13)18(3)15-8-6-5-7-12(15)2/h9-12,14-16H,4-8,17H2,1-3H3. The molecule has 1 fully saturated rings. The summed E-state index contributed by atoms with van der Waals surface area (Å²) in [5.74, 6) is 0.795. The number of likely N-dealkylation sites (N-methyl/N-ethyl adjacent to an activating group) is 1. The fourth-order valence-corrected chi connectivity index (χ4v) is 4.25. The molecule has 3 heteroatoms. The minimum Gasteiger partial charge on any atom is -0.326 e. The molecule has 0 saturated heterocycles. The third-order valence-corrected chi connectivity index (χ3v) is 5.49. The van der Waals surface area contributed by atoms with Crippen LogP contribution in [0.2, 0.25) is 0 Å². The van der Waals surface area contributed by atoms with E-state index in [0.29, 0.717) is 12.1 Å². The van der Waals surface area contributed by atoms with Crippen LogP contribution in [0.25, 0.3) is 0 Å². The quantitative estimate of drug-likeness (QED) is 0.882. The molecule has 0 spiro atoms. The fourth-order valence-electron chi connectivity index (χ4n) is 3.56. The van der Waals surface area contributed by atoms with E-state index < -0.39 is 0 Å². The molecular weight excluding hydrogens is 252 g/mol. The molecule has 2 N–H and O–H groups in total. The Bertz CT molecular complexity index is 363. The highest BCUT2D eigenvalue weighted by atomic mass is 32.1. The van der Waals surface area contributed by atoms with Gasteiger partial charge in [0, 0.05) is 12.1 Å². The van der Waals surface area contributed by atoms with Gasteiger partial charge in [-0.25, -0.2) is 0 Å². The maximum absolute atomic E-state index is 6.42. The topological polar surface area (TPSA) is 29.3 Å². The summed E-state index contributed by atoms with van der Waals surface area (Å²) in [5, 5.41) is 4.44. The molecule has 0 radical (unpaired) electrons. The monoisotopic (exact) mass is 280 g/mol. The smallest absolute Gasteiger partial charge is 0.0507 e. The number of thiophene rings is 1.